The monoisotopic (exact) mass is 387 g/mol. The third-order valence-electron chi connectivity index (χ3n) is 3.16. The summed E-state index contributed by atoms with van der Waals surface area (Å²) in [6.07, 6.45) is 0.750. The number of benzene rings is 1. The summed E-state index contributed by atoms with van der Waals surface area (Å²) in [7, 11) is -1.23. The summed E-state index contributed by atoms with van der Waals surface area (Å²) in [5.41, 5.74) is 6.73. The Morgan fingerprint density at radius 2 is 1.78 bits per heavy atom. The smallest absolute Gasteiger partial charge is 0.359 e. The Balaban J connectivity index is 0.000000465. The molecule has 0 aliphatic rings. The van der Waals surface area contributed by atoms with Crippen LogP contribution in [0.25, 0.3) is 22.4 Å². The van der Waals surface area contributed by atoms with Gasteiger partial charge < -0.3 is 10.6 Å². The Morgan fingerprint density at radius 3 is 2.30 bits per heavy atom. The highest BCUT2D eigenvalue weighted by Crippen LogP contribution is 2.22. The van der Waals surface area contributed by atoms with Crippen LogP contribution in [0.15, 0.2) is 42.5 Å². The van der Waals surface area contributed by atoms with E-state index in [2.05, 4.69) is 21.9 Å². The molecule has 27 heavy (non-hydrogen) atoms. The molecule has 0 fully saturated rings. The van der Waals surface area contributed by atoms with Gasteiger partial charge in [-0.05, 0) is 18.1 Å². The van der Waals surface area contributed by atoms with Crippen molar-refractivity contribution >= 4 is 27.9 Å². The molecule has 3 aromatic rings. The average molecular weight is 387 g/mol. The number of pyridine rings is 1. The Morgan fingerprint density at radius 1 is 1.15 bits per heavy atom. The zero-order valence-electron chi connectivity index (χ0n) is 14.6. The Hall–Kier alpha value is -3.42. The van der Waals surface area contributed by atoms with Crippen molar-refractivity contribution in [2.24, 2.45) is 5.73 Å². The fourth-order valence-corrected chi connectivity index (χ4v) is 2.73. The van der Waals surface area contributed by atoms with Crippen LogP contribution in [-0.2, 0) is 15.1 Å². The maximum absolute atomic E-state index is 11.6. The van der Waals surface area contributed by atoms with E-state index in [0.717, 1.165) is 12.0 Å². The van der Waals surface area contributed by atoms with Crippen LogP contribution in [0.4, 0.5) is 0 Å². The van der Waals surface area contributed by atoms with Crippen molar-refractivity contribution in [2.45, 2.75) is 0 Å². The summed E-state index contributed by atoms with van der Waals surface area (Å²) in [4.78, 5) is 19.2. The summed E-state index contributed by atoms with van der Waals surface area (Å²) < 4.78 is 33.1. The number of carbonyl (C=O) groups excluding carboxylic acids is 1. The lowest BCUT2D eigenvalue weighted by Gasteiger charge is -2.03. The highest BCUT2D eigenvalue weighted by molar-refractivity contribution is 7.84. The van der Waals surface area contributed by atoms with Crippen LogP contribution in [0.5, 0.6) is 0 Å². The molecule has 9 nitrogen and oxygen atoms in total. The molecular weight excluding hydrogens is 370 g/mol. The van der Waals surface area contributed by atoms with Gasteiger partial charge in [0, 0.05) is 25.7 Å². The number of fused-ring (bicyclic) bond motifs is 1. The van der Waals surface area contributed by atoms with E-state index in [9.17, 15) is 17.8 Å². The van der Waals surface area contributed by atoms with Gasteiger partial charge in [-0.15, -0.1) is 0 Å². The highest BCUT2D eigenvalue weighted by atomic mass is 32.2. The molecule has 1 aromatic carbocycles. The van der Waals surface area contributed by atoms with Crippen molar-refractivity contribution in [1.29, 1.82) is 0 Å². The van der Waals surface area contributed by atoms with Crippen LogP contribution < -0.4 is 5.73 Å². The van der Waals surface area contributed by atoms with Crippen molar-refractivity contribution < 1.29 is 17.8 Å². The lowest BCUT2D eigenvalue weighted by Crippen LogP contribution is -2.13. The van der Waals surface area contributed by atoms with Crippen LogP contribution in [0.3, 0.4) is 0 Å². The van der Waals surface area contributed by atoms with Gasteiger partial charge in [0.05, 0.1) is 5.69 Å². The molecule has 0 aliphatic carbocycles. The predicted molar refractivity (Wildman–Crippen MR) is 101 cm³/mol. The number of hydrogen-bond donors (Lipinski definition) is 2. The number of carbonyl (C=O) groups is 1. The second-order valence-corrected chi connectivity index (χ2v) is 6.68. The molecule has 2 aromatic heterocycles. The summed E-state index contributed by atoms with van der Waals surface area (Å²) >= 11 is 0. The fraction of sp³-hybridized carbons (Fsp3) is 0.118. The number of amides is 1. The molecule has 0 spiro atoms. The average Bonchev–Trinajstić information content (AvgIpc) is 3.00. The number of aromatic nitrogens is 3. The van der Waals surface area contributed by atoms with Gasteiger partial charge in [0.25, 0.3) is 0 Å². The second-order valence-electron chi connectivity index (χ2n) is 5.42. The van der Waals surface area contributed by atoms with Gasteiger partial charge in [-0.2, -0.15) is 12.4 Å². The van der Waals surface area contributed by atoms with Crippen LogP contribution in [-0.4, -0.2) is 52.3 Å². The highest BCUT2D eigenvalue weighted by Gasteiger charge is 2.20. The lowest BCUT2D eigenvalue weighted by molar-refractivity contribution is -0.115. The van der Waals surface area contributed by atoms with Gasteiger partial charge in [0.2, 0.25) is 12.2 Å². The van der Waals surface area contributed by atoms with Gasteiger partial charge in [-0.3, -0.25) is 9.35 Å². The first kappa shape index (κ1) is 19.9. The first-order chi connectivity index (χ1) is 12.8. The zero-order chi connectivity index (χ0) is 20.0. The molecule has 0 atom stereocenters. The minimum Gasteiger partial charge on any atom is -0.359 e. The van der Waals surface area contributed by atoms with E-state index >= 15 is 0 Å². The lowest BCUT2D eigenvalue weighted by atomic mass is 10.1. The van der Waals surface area contributed by atoms with E-state index < -0.39 is 10.3 Å². The SMILES string of the molecule is CN(C)C=O.NC#Cc1nc2ccc(-c3ccccc3)nc2n1S(=O)(=O)O. The van der Waals surface area contributed by atoms with Gasteiger partial charge in [-0.1, -0.05) is 30.3 Å². The molecule has 0 saturated carbocycles. The van der Waals surface area contributed by atoms with Crippen molar-refractivity contribution in [3.05, 3.63) is 48.3 Å². The van der Waals surface area contributed by atoms with Gasteiger partial charge in [0.15, 0.2) is 5.65 Å². The molecular formula is C17H17N5O4S. The van der Waals surface area contributed by atoms with Crippen LogP contribution in [0, 0.1) is 12.0 Å². The predicted octanol–water partition coefficient (Wildman–Crippen LogP) is 0.721. The van der Waals surface area contributed by atoms with Crippen molar-refractivity contribution in [1.82, 2.24) is 18.8 Å². The normalized spacial score (nSPS) is 10.3. The molecule has 3 N–H and O–H groups in total. The number of nitrogens with zero attached hydrogens (tertiary/aromatic N) is 4. The summed E-state index contributed by atoms with van der Waals surface area (Å²) in [6, 6.07) is 14.6. The topological polar surface area (TPSA) is 131 Å². The molecule has 10 heteroatoms. The minimum atomic E-state index is -4.60. The van der Waals surface area contributed by atoms with Gasteiger partial charge in [-0.25, -0.2) is 9.97 Å². The number of imidazole rings is 1. The quantitative estimate of drug-likeness (QED) is 0.293. The number of hydrogen-bond acceptors (Lipinski definition) is 6. The maximum atomic E-state index is 11.6. The largest absolute Gasteiger partial charge is 0.367 e. The molecule has 3 rings (SSSR count). The first-order valence-electron chi connectivity index (χ1n) is 7.54. The summed E-state index contributed by atoms with van der Waals surface area (Å²) in [6.45, 7) is 0. The maximum Gasteiger partial charge on any atom is 0.367 e. The van der Waals surface area contributed by atoms with E-state index in [1.165, 1.54) is 4.90 Å². The van der Waals surface area contributed by atoms with E-state index in [0.29, 0.717) is 9.67 Å². The van der Waals surface area contributed by atoms with Crippen LogP contribution in [0.2, 0.25) is 0 Å². The Labute approximate surface area is 156 Å². The van der Waals surface area contributed by atoms with Crippen molar-refractivity contribution in [3.63, 3.8) is 0 Å². The van der Waals surface area contributed by atoms with Crippen molar-refractivity contribution in [2.75, 3.05) is 14.1 Å². The Kier molecular flexibility index (Phi) is 6.12. The van der Waals surface area contributed by atoms with Gasteiger partial charge in [0.1, 0.15) is 5.52 Å². The van der Waals surface area contributed by atoms with Crippen LogP contribution >= 0.6 is 0 Å². The van der Waals surface area contributed by atoms with E-state index in [1.807, 2.05) is 30.3 Å². The molecule has 0 saturated heterocycles. The molecule has 0 unspecified atom stereocenters. The number of nitrogens with two attached hydrogens (primary N) is 1. The molecule has 1 amide bonds. The third-order valence-corrected chi connectivity index (χ3v) is 3.97. The third kappa shape index (κ3) is 4.81. The molecule has 2 heterocycles. The Bertz CT molecular complexity index is 1110. The van der Waals surface area contributed by atoms with E-state index in [-0.39, 0.29) is 17.0 Å². The first-order valence-corrected chi connectivity index (χ1v) is 8.94. The molecule has 0 bridgehead atoms. The van der Waals surface area contributed by atoms with Crippen LogP contribution in [0.1, 0.15) is 5.82 Å². The summed E-state index contributed by atoms with van der Waals surface area (Å²) in [5.74, 6) is 2.14. The second kappa shape index (κ2) is 8.31. The van der Waals surface area contributed by atoms with Gasteiger partial charge >= 0.3 is 10.3 Å². The van der Waals surface area contributed by atoms with Crippen molar-refractivity contribution in [3.8, 4) is 23.2 Å². The number of rotatable bonds is 3. The summed E-state index contributed by atoms with van der Waals surface area (Å²) in [5, 5.41) is 0. The molecule has 0 aliphatic heterocycles. The minimum absolute atomic E-state index is 0.0124. The standard InChI is InChI=1S/C14H10N4O3S.C3H7NO/c15-9-8-13-16-12-7-6-11(10-4-2-1-3-5-10)17-14(12)18(13)22(19,20)21;1-4(2)3-5/h1-7H,15H2,(H,19,20,21);3H,1-2H3. The molecule has 140 valence electrons. The zero-order valence-corrected chi connectivity index (χ0v) is 15.4. The van der Waals surface area contributed by atoms with E-state index in [4.69, 9.17) is 5.73 Å². The van der Waals surface area contributed by atoms with E-state index in [1.54, 1.807) is 26.2 Å². The fourth-order valence-electron chi connectivity index (χ4n) is 2.07. The molecule has 0 radical (unpaired) electrons.